The zero-order valence-electron chi connectivity index (χ0n) is 14.5. The lowest BCUT2D eigenvalue weighted by Crippen LogP contribution is -2.45. The van der Waals surface area contributed by atoms with Gasteiger partial charge in [0.05, 0.1) is 13.7 Å². The number of nitrogens with one attached hydrogen (secondary N) is 1. The van der Waals surface area contributed by atoms with Crippen LogP contribution in [0.2, 0.25) is 0 Å². The molecule has 0 heterocycles. The van der Waals surface area contributed by atoms with E-state index < -0.39 is 23.7 Å². The molecule has 7 nitrogen and oxygen atoms in total. The van der Waals surface area contributed by atoms with Gasteiger partial charge in [-0.3, -0.25) is 0 Å². The normalized spacial score (nSPS) is 12.2. The molecule has 7 heteroatoms. The number of aliphatic hydroxyl groups excluding tert-OH is 1. The largest absolute Gasteiger partial charge is 0.491 e. The zero-order chi connectivity index (χ0) is 18.2. The maximum Gasteiger partial charge on any atom is 0.408 e. The molecule has 0 bridgehead atoms. The van der Waals surface area contributed by atoms with Crippen LogP contribution >= 0.6 is 0 Å². The van der Waals surface area contributed by atoms with Crippen LogP contribution < -0.4 is 10.1 Å². The monoisotopic (exact) mass is 339 g/mol. The highest BCUT2D eigenvalue weighted by Gasteiger charge is 2.25. The van der Waals surface area contributed by atoms with Gasteiger partial charge >= 0.3 is 12.1 Å². The lowest BCUT2D eigenvalue weighted by Gasteiger charge is -2.22. The van der Waals surface area contributed by atoms with Gasteiger partial charge in [0.1, 0.15) is 24.0 Å². The topological polar surface area (TPSA) is 94.1 Å². The van der Waals surface area contributed by atoms with Gasteiger partial charge in [0.2, 0.25) is 0 Å². The van der Waals surface area contributed by atoms with Gasteiger partial charge in [-0.25, -0.2) is 9.59 Å². The summed E-state index contributed by atoms with van der Waals surface area (Å²) in [4.78, 5) is 23.7. The van der Waals surface area contributed by atoms with Gasteiger partial charge in [-0.05, 0) is 38.5 Å². The third kappa shape index (κ3) is 7.32. The number of rotatable bonds is 7. The van der Waals surface area contributed by atoms with Crippen molar-refractivity contribution in [1.82, 2.24) is 5.32 Å². The molecule has 0 saturated heterocycles. The predicted octanol–water partition coefficient (Wildman–Crippen LogP) is 1.67. The van der Waals surface area contributed by atoms with Crippen LogP contribution in [0, 0.1) is 0 Å². The summed E-state index contributed by atoms with van der Waals surface area (Å²) in [7, 11) is 1.26. The Morgan fingerprint density at radius 2 is 1.83 bits per heavy atom. The number of alkyl carbamates (subject to hydrolysis) is 1. The lowest BCUT2D eigenvalue weighted by molar-refractivity contribution is -0.143. The Balaban J connectivity index is 2.72. The van der Waals surface area contributed by atoms with Crippen molar-refractivity contribution < 1.29 is 28.9 Å². The van der Waals surface area contributed by atoms with Gasteiger partial charge in [0, 0.05) is 6.42 Å². The molecule has 1 aromatic rings. The maximum atomic E-state index is 11.9. The fourth-order valence-electron chi connectivity index (χ4n) is 1.91. The number of aliphatic hydroxyl groups is 1. The molecule has 0 aliphatic rings. The molecule has 0 aromatic heterocycles. The third-order valence-corrected chi connectivity index (χ3v) is 2.90. The molecule has 1 amide bonds. The van der Waals surface area contributed by atoms with Crippen LogP contribution in [0.3, 0.4) is 0 Å². The van der Waals surface area contributed by atoms with Crippen LogP contribution in [0.1, 0.15) is 26.3 Å². The Labute approximate surface area is 141 Å². The van der Waals surface area contributed by atoms with Gasteiger partial charge in [-0.15, -0.1) is 0 Å². The van der Waals surface area contributed by atoms with E-state index in [-0.39, 0.29) is 19.6 Å². The quantitative estimate of drug-likeness (QED) is 0.734. The van der Waals surface area contributed by atoms with E-state index in [1.807, 2.05) is 0 Å². The zero-order valence-corrected chi connectivity index (χ0v) is 14.5. The first-order valence-corrected chi connectivity index (χ1v) is 7.65. The Hall–Kier alpha value is -2.28. The van der Waals surface area contributed by atoms with Gasteiger partial charge in [-0.2, -0.15) is 0 Å². The Kier molecular flexibility index (Phi) is 7.51. The molecule has 0 fully saturated rings. The molecular formula is C17H25NO6. The van der Waals surface area contributed by atoms with Crippen LogP contribution in [-0.2, 0) is 20.7 Å². The summed E-state index contributed by atoms with van der Waals surface area (Å²) in [5.41, 5.74) is 0.161. The molecule has 0 saturated carbocycles. The summed E-state index contributed by atoms with van der Waals surface area (Å²) in [5, 5.41) is 11.2. The molecular weight excluding hydrogens is 314 g/mol. The fraction of sp³-hybridized carbons (Fsp3) is 0.529. The lowest BCUT2D eigenvalue weighted by atomic mass is 10.1. The van der Waals surface area contributed by atoms with Crippen molar-refractivity contribution in [3.63, 3.8) is 0 Å². The highest BCUT2D eigenvalue weighted by atomic mass is 16.6. The van der Waals surface area contributed by atoms with E-state index in [2.05, 4.69) is 5.32 Å². The van der Waals surface area contributed by atoms with Crippen molar-refractivity contribution in [2.45, 2.75) is 38.8 Å². The number of carbonyl (C=O) groups excluding carboxylic acids is 2. The number of hydrogen-bond donors (Lipinski definition) is 2. The first-order chi connectivity index (χ1) is 11.2. The van der Waals surface area contributed by atoms with Gasteiger partial charge in [-0.1, -0.05) is 12.1 Å². The van der Waals surface area contributed by atoms with E-state index in [1.165, 1.54) is 7.11 Å². The van der Waals surface area contributed by atoms with Gasteiger partial charge < -0.3 is 24.6 Å². The third-order valence-electron chi connectivity index (χ3n) is 2.90. The summed E-state index contributed by atoms with van der Waals surface area (Å²) < 4.78 is 15.2. The van der Waals surface area contributed by atoms with Crippen molar-refractivity contribution in [2.24, 2.45) is 0 Å². The summed E-state index contributed by atoms with van der Waals surface area (Å²) in [5.74, 6) is 0.0592. The second-order valence-corrected chi connectivity index (χ2v) is 6.14. The van der Waals surface area contributed by atoms with Crippen LogP contribution in [0.25, 0.3) is 0 Å². The average molecular weight is 339 g/mol. The number of hydrogen-bond acceptors (Lipinski definition) is 6. The van der Waals surface area contributed by atoms with Gasteiger partial charge in [0.15, 0.2) is 0 Å². The van der Waals surface area contributed by atoms with E-state index in [4.69, 9.17) is 19.3 Å². The summed E-state index contributed by atoms with van der Waals surface area (Å²) in [6, 6.07) is 6.16. The standard InChI is InChI=1S/C17H25NO6/c1-17(2,3)24-16(21)18-14(15(20)22-4)11-12-5-7-13(8-6-12)23-10-9-19/h5-8,14,19H,9-11H2,1-4H3,(H,18,21)/t14-/m0/s1. The molecule has 24 heavy (non-hydrogen) atoms. The van der Waals surface area contributed by atoms with Crippen LogP contribution in [0.15, 0.2) is 24.3 Å². The number of esters is 1. The van der Waals surface area contributed by atoms with E-state index in [0.29, 0.717) is 5.75 Å². The summed E-state index contributed by atoms with van der Waals surface area (Å²) >= 11 is 0. The Bertz CT molecular complexity index is 535. The smallest absolute Gasteiger partial charge is 0.408 e. The minimum atomic E-state index is -0.853. The minimum Gasteiger partial charge on any atom is -0.491 e. The molecule has 0 radical (unpaired) electrons. The fourth-order valence-corrected chi connectivity index (χ4v) is 1.91. The molecule has 0 aliphatic carbocycles. The summed E-state index contributed by atoms with van der Waals surface area (Å²) in [6.07, 6.45) is -0.424. The molecule has 2 N–H and O–H groups in total. The Morgan fingerprint density at radius 1 is 1.21 bits per heavy atom. The van der Waals surface area contributed by atoms with Crippen molar-refractivity contribution in [2.75, 3.05) is 20.3 Å². The average Bonchev–Trinajstić information content (AvgIpc) is 2.51. The Morgan fingerprint density at radius 3 is 2.33 bits per heavy atom. The molecule has 1 atom stereocenters. The van der Waals surface area contributed by atoms with Gasteiger partial charge in [0.25, 0.3) is 0 Å². The van der Waals surface area contributed by atoms with Crippen molar-refractivity contribution in [3.05, 3.63) is 29.8 Å². The number of amides is 1. The SMILES string of the molecule is COC(=O)[C@H](Cc1ccc(OCCO)cc1)NC(=O)OC(C)(C)C. The molecule has 0 spiro atoms. The molecule has 1 aromatic carbocycles. The predicted molar refractivity (Wildman–Crippen MR) is 87.9 cm³/mol. The summed E-state index contributed by atoms with van der Waals surface area (Å²) in [6.45, 7) is 5.37. The highest BCUT2D eigenvalue weighted by molar-refractivity contribution is 5.81. The molecule has 134 valence electrons. The van der Waals surface area contributed by atoms with E-state index in [0.717, 1.165) is 5.56 Å². The first kappa shape index (κ1) is 19.8. The number of ether oxygens (including phenoxy) is 3. The van der Waals surface area contributed by atoms with Crippen LogP contribution in [0.5, 0.6) is 5.75 Å². The van der Waals surface area contributed by atoms with Crippen molar-refractivity contribution >= 4 is 12.1 Å². The molecule has 0 unspecified atom stereocenters. The van der Waals surface area contributed by atoms with E-state index >= 15 is 0 Å². The van der Waals surface area contributed by atoms with E-state index in [1.54, 1.807) is 45.0 Å². The second-order valence-electron chi connectivity index (χ2n) is 6.14. The van der Waals surface area contributed by atoms with Crippen LogP contribution in [-0.4, -0.2) is 49.1 Å². The number of benzene rings is 1. The van der Waals surface area contributed by atoms with Crippen molar-refractivity contribution in [1.29, 1.82) is 0 Å². The van der Waals surface area contributed by atoms with Crippen LogP contribution in [0.4, 0.5) is 4.79 Å². The number of carbonyl (C=O) groups is 2. The maximum absolute atomic E-state index is 11.9. The minimum absolute atomic E-state index is 0.0635. The second kappa shape index (κ2) is 9.12. The molecule has 1 rings (SSSR count). The van der Waals surface area contributed by atoms with Crippen molar-refractivity contribution in [3.8, 4) is 5.75 Å². The van der Waals surface area contributed by atoms with E-state index in [9.17, 15) is 9.59 Å². The highest BCUT2D eigenvalue weighted by Crippen LogP contribution is 2.14. The number of methoxy groups -OCH3 is 1. The first-order valence-electron chi connectivity index (χ1n) is 7.65. The molecule has 0 aliphatic heterocycles.